The maximum Gasteiger partial charge on any atom is 0.291 e. The molecule has 110 valence electrons. The summed E-state index contributed by atoms with van der Waals surface area (Å²) in [7, 11) is -4.14. The highest BCUT2D eigenvalue weighted by Gasteiger charge is 2.26. The number of aryl methyl sites for hydroxylation is 1. The maximum atomic E-state index is 12.3. The fourth-order valence-electron chi connectivity index (χ4n) is 1.68. The SMILES string of the molecule is Cc1cccnc1NS(=O)(=O)c1ccc(N)cc1[N+](=O)[O-]. The summed E-state index contributed by atoms with van der Waals surface area (Å²) in [5.74, 6) is 0.114. The number of nitrogens with two attached hydrogens (primary N) is 1. The number of hydrogen-bond acceptors (Lipinski definition) is 6. The van der Waals surface area contributed by atoms with Gasteiger partial charge in [-0.15, -0.1) is 0 Å². The molecular formula is C12H12N4O4S. The van der Waals surface area contributed by atoms with Gasteiger partial charge >= 0.3 is 0 Å². The molecule has 1 heterocycles. The third-order valence-corrected chi connectivity index (χ3v) is 4.10. The summed E-state index contributed by atoms with van der Waals surface area (Å²) in [5.41, 5.74) is 5.57. The van der Waals surface area contributed by atoms with Gasteiger partial charge in [0.2, 0.25) is 0 Å². The van der Waals surface area contributed by atoms with Crippen LogP contribution in [-0.4, -0.2) is 18.3 Å². The van der Waals surface area contributed by atoms with E-state index in [2.05, 4.69) is 9.71 Å². The quantitative estimate of drug-likeness (QED) is 0.502. The fourth-order valence-corrected chi connectivity index (χ4v) is 2.91. The minimum Gasteiger partial charge on any atom is -0.399 e. The molecule has 1 aromatic heterocycles. The molecule has 0 saturated heterocycles. The summed E-state index contributed by atoms with van der Waals surface area (Å²) < 4.78 is 26.8. The first-order chi connectivity index (χ1) is 9.81. The van der Waals surface area contributed by atoms with Gasteiger partial charge in [0, 0.05) is 18.0 Å². The molecule has 1 aromatic carbocycles. The lowest BCUT2D eigenvalue weighted by Crippen LogP contribution is -2.16. The number of nitro benzene ring substituents is 1. The Kier molecular flexibility index (Phi) is 3.76. The van der Waals surface area contributed by atoms with Crippen molar-refractivity contribution in [3.8, 4) is 0 Å². The molecule has 21 heavy (non-hydrogen) atoms. The van der Waals surface area contributed by atoms with Crippen molar-refractivity contribution < 1.29 is 13.3 Å². The average molecular weight is 308 g/mol. The monoisotopic (exact) mass is 308 g/mol. The standard InChI is InChI=1S/C12H12N4O4S/c1-8-3-2-6-14-12(8)15-21(19,20)11-5-4-9(13)7-10(11)16(17)18/h2-7H,13H2,1H3,(H,14,15). The van der Waals surface area contributed by atoms with E-state index in [1.54, 1.807) is 19.1 Å². The number of rotatable bonds is 4. The first kappa shape index (κ1) is 14.7. The lowest BCUT2D eigenvalue weighted by molar-refractivity contribution is -0.387. The van der Waals surface area contributed by atoms with E-state index in [-0.39, 0.29) is 11.5 Å². The Morgan fingerprint density at radius 2 is 2.05 bits per heavy atom. The van der Waals surface area contributed by atoms with Crippen molar-refractivity contribution in [3.63, 3.8) is 0 Å². The van der Waals surface area contributed by atoms with E-state index in [0.717, 1.165) is 12.1 Å². The van der Waals surface area contributed by atoms with Gasteiger partial charge in [0.1, 0.15) is 5.82 Å². The lowest BCUT2D eigenvalue weighted by atomic mass is 10.3. The van der Waals surface area contributed by atoms with Gasteiger partial charge in [0.05, 0.1) is 4.92 Å². The fraction of sp³-hybridized carbons (Fsp3) is 0.0833. The zero-order valence-electron chi connectivity index (χ0n) is 11.0. The molecule has 0 unspecified atom stereocenters. The van der Waals surface area contributed by atoms with Crippen LogP contribution in [0.1, 0.15) is 5.56 Å². The summed E-state index contributed by atoms with van der Waals surface area (Å²) in [5, 5.41) is 11.0. The first-order valence-corrected chi connectivity index (χ1v) is 7.28. The van der Waals surface area contributed by atoms with Crippen LogP contribution in [0.4, 0.5) is 17.2 Å². The smallest absolute Gasteiger partial charge is 0.291 e. The molecule has 0 radical (unpaired) electrons. The minimum absolute atomic E-state index is 0.106. The Morgan fingerprint density at radius 3 is 2.67 bits per heavy atom. The Bertz CT molecular complexity index is 805. The molecule has 2 aromatic rings. The van der Waals surface area contributed by atoms with Gasteiger partial charge in [-0.1, -0.05) is 6.07 Å². The van der Waals surface area contributed by atoms with Crippen LogP contribution in [-0.2, 0) is 10.0 Å². The predicted molar refractivity (Wildman–Crippen MR) is 77.3 cm³/mol. The number of nitrogen functional groups attached to an aromatic ring is 1. The van der Waals surface area contributed by atoms with Crippen LogP contribution < -0.4 is 10.5 Å². The van der Waals surface area contributed by atoms with E-state index >= 15 is 0 Å². The number of nitrogens with one attached hydrogen (secondary N) is 1. The topological polar surface area (TPSA) is 128 Å². The highest BCUT2D eigenvalue weighted by molar-refractivity contribution is 7.92. The molecule has 0 saturated carbocycles. The van der Waals surface area contributed by atoms with Gasteiger partial charge in [-0.2, -0.15) is 0 Å². The third-order valence-electron chi connectivity index (χ3n) is 2.71. The maximum absolute atomic E-state index is 12.3. The van der Waals surface area contributed by atoms with Gasteiger partial charge in [-0.25, -0.2) is 13.4 Å². The van der Waals surface area contributed by atoms with Crippen molar-refractivity contribution in [1.29, 1.82) is 0 Å². The van der Waals surface area contributed by atoms with Crippen LogP contribution in [0.3, 0.4) is 0 Å². The summed E-state index contributed by atoms with van der Waals surface area (Å²) in [6.07, 6.45) is 1.42. The van der Waals surface area contributed by atoms with Crippen molar-refractivity contribution in [3.05, 3.63) is 52.2 Å². The second-order valence-corrected chi connectivity index (χ2v) is 5.91. The van der Waals surface area contributed by atoms with E-state index in [1.807, 2.05) is 0 Å². The van der Waals surface area contributed by atoms with Crippen LogP contribution in [0.25, 0.3) is 0 Å². The predicted octanol–water partition coefficient (Wildman–Crippen LogP) is 1.68. The Morgan fingerprint density at radius 1 is 1.33 bits per heavy atom. The van der Waals surface area contributed by atoms with Crippen LogP contribution in [0, 0.1) is 17.0 Å². The lowest BCUT2D eigenvalue weighted by Gasteiger charge is -2.09. The third kappa shape index (κ3) is 3.08. The molecule has 8 nitrogen and oxygen atoms in total. The van der Waals surface area contributed by atoms with Gasteiger partial charge in [-0.3, -0.25) is 14.8 Å². The van der Waals surface area contributed by atoms with Crippen LogP contribution in [0.2, 0.25) is 0 Å². The molecule has 0 aliphatic heterocycles. The van der Waals surface area contributed by atoms with Gasteiger partial charge < -0.3 is 5.73 Å². The largest absolute Gasteiger partial charge is 0.399 e. The van der Waals surface area contributed by atoms with E-state index < -0.39 is 25.5 Å². The van der Waals surface area contributed by atoms with E-state index in [4.69, 9.17) is 5.73 Å². The molecule has 9 heteroatoms. The van der Waals surface area contributed by atoms with E-state index in [0.29, 0.717) is 5.56 Å². The number of nitro groups is 1. The molecule has 0 amide bonds. The van der Waals surface area contributed by atoms with Gasteiger partial charge in [-0.05, 0) is 30.7 Å². The number of pyridine rings is 1. The first-order valence-electron chi connectivity index (χ1n) is 5.79. The normalized spacial score (nSPS) is 11.1. The summed E-state index contributed by atoms with van der Waals surface area (Å²) in [4.78, 5) is 13.6. The van der Waals surface area contributed by atoms with Gasteiger partial charge in [0.15, 0.2) is 4.90 Å². The molecule has 0 bridgehead atoms. The second-order valence-electron chi connectivity index (χ2n) is 4.26. The number of nitrogens with zero attached hydrogens (tertiary/aromatic N) is 2. The van der Waals surface area contributed by atoms with Gasteiger partial charge in [0.25, 0.3) is 15.7 Å². The van der Waals surface area contributed by atoms with Crippen molar-refractivity contribution in [2.75, 3.05) is 10.5 Å². The van der Waals surface area contributed by atoms with Crippen molar-refractivity contribution >= 4 is 27.2 Å². The van der Waals surface area contributed by atoms with E-state index in [9.17, 15) is 18.5 Å². The average Bonchev–Trinajstić information content (AvgIpc) is 2.40. The van der Waals surface area contributed by atoms with Crippen molar-refractivity contribution in [1.82, 2.24) is 4.98 Å². The minimum atomic E-state index is -4.14. The van der Waals surface area contributed by atoms with Crippen LogP contribution in [0.5, 0.6) is 0 Å². The second kappa shape index (κ2) is 5.37. The zero-order chi connectivity index (χ0) is 15.6. The zero-order valence-corrected chi connectivity index (χ0v) is 11.8. The number of anilines is 2. The van der Waals surface area contributed by atoms with Crippen molar-refractivity contribution in [2.24, 2.45) is 0 Å². The molecule has 0 spiro atoms. The highest BCUT2D eigenvalue weighted by Crippen LogP contribution is 2.27. The Balaban J connectivity index is 2.50. The van der Waals surface area contributed by atoms with Crippen LogP contribution >= 0.6 is 0 Å². The molecule has 2 rings (SSSR count). The number of sulfonamides is 1. The molecular weight excluding hydrogens is 296 g/mol. The van der Waals surface area contributed by atoms with Crippen molar-refractivity contribution in [2.45, 2.75) is 11.8 Å². The summed E-state index contributed by atoms with van der Waals surface area (Å²) >= 11 is 0. The number of benzene rings is 1. The molecule has 0 aliphatic carbocycles. The Hall–Kier alpha value is -2.68. The number of aromatic nitrogens is 1. The number of hydrogen-bond donors (Lipinski definition) is 2. The highest BCUT2D eigenvalue weighted by atomic mass is 32.2. The Labute approximate surface area is 120 Å². The molecule has 3 N–H and O–H groups in total. The van der Waals surface area contributed by atoms with Crippen LogP contribution in [0.15, 0.2) is 41.4 Å². The van der Waals surface area contributed by atoms with E-state index in [1.165, 1.54) is 12.3 Å². The molecule has 0 aliphatic rings. The molecule has 0 fully saturated rings. The summed E-state index contributed by atoms with van der Waals surface area (Å²) in [6, 6.07) is 6.70. The summed E-state index contributed by atoms with van der Waals surface area (Å²) in [6.45, 7) is 1.67. The molecule has 0 atom stereocenters.